The van der Waals surface area contributed by atoms with E-state index in [1.807, 2.05) is 30.3 Å². The molecule has 1 atom stereocenters. The van der Waals surface area contributed by atoms with E-state index in [1.54, 1.807) is 18.3 Å². The second kappa shape index (κ2) is 8.75. The van der Waals surface area contributed by atoms with Gasteiger partial charge in [-0.25, -0.2) is 0 Å². The number of aromatic amines is 1. The Morgan fingerprint density at radius 2 is 1.89 bits per heavy atom. The first kappa shape index (κ1) is 19.0. The first-order valence-electron chi connectivity index (χ1n) is 8.57. The molecule has 0 radical (unpaired) electrons. The molecule has 0 saturated carbocycles. The van der Waals surface area contributed by atoms with Crippen LogP contribution in [-0.4, -0.2) is 21.8 Å². The fraction of sp³-hybridized carbons (Fsp3) is 0.190. The summed E-state index contributed by atoms with van der Waals surface area (Å²) < 4.78 is 5.77. The van der Waals surface area contributed by atoms with Gasteiger partial charge in [0.15, 0.2) is 16.9 Å². The number of rotatable bonds is 7. The van der Waals surface area contributed by atoms with Gasteiger partial charge in [0.1, 0.15) is 6.61 Å². The van der Waals surface area contributed by atoms with Crippen LogP contribution in [-0.2, 0) is 6.61 Å². The standard InChI is InChI=1S/C21H20ClNO4/c22-18-7-6-17(16(9-11-24)19-12-15(25)8-10-23-19)20(26)21(18)27-13-14-4-2-1-3-5-14/h1-8,10,12,16,24,26H,9,11,13H2,(H,23,25). The molecule has 140 valence electrons. The van der Waals surface area contributed by atoms with Gasteiger partial charge in [-0.3, -0.25) is 4.79 Å². The summed E-state index contributed by atoms with van der Waals surface area (Å²) in [5.74, 6) is -0.318. The second-order valence-corrected chi connectivity index (χ2v) is 6.54. The monoisotopic (exact) mass is 385 g/mol. The lowest BCUT2D eigenvalue weighted by Gasteiger charge is -2.20. The molecule has 3 rings (SSSR count). The Hall–Kier alpha value is -2.76. The Morgan fingerprint density at radius 1 is 1.11 bits per heavy atom. The van der Waals surface area contributed by atoms with Gasteiger partial charge in [-0.05, 0) is 18.1 Å². The predicted octanol–water partition coefficient (Wildman–Crippen LogP) is 3.83. The van der Waals surface area contributed by atoms with Crippen molar-refractivity contribution in [2.75, 3.05) is 6.61 Å². The first-order valence-corrected chi connectivity index (χ1v) is 8.95. The first-order chi connectivity index (χ1) is 13.1. The molecule has 2 aromatic carbocycles. The summed E-state index contributed by atoms with van der Waals surface area (Å²) in [4.78, 5) is 14.7. The topological polar surface area (TPSA) is 82.6 Å². The highest BCUT2D eigenvalue weighted by molar-refractivity contribution is 6.32. The quantitative estimate of drug-likeness (QED) is 0.577. The molecule has 0 aliphatic rings. The smallest absolute Gasteiger partial charge is 0.181 e. The van der Waals surface area contributed by atoms with Crippen LogP contribution in [0.5, 0.6) is 11.5 Å². The summed E-state index contributed by atoms with van der Waals surface area (Å²) in [7, 11) is 0. The number of aromatic hydroxyl groups is 1. The fourth-order valence-electron chi connectivity index (χ4n) is 2.98. The Balaban J connectivity index is 1.95. The van der Waals surface area contributed by atoms with Crippen LogP contribution in [0.3, 0.4) is 0 Å². The van der Waals surface area contributed by atoms with Gasteiger partial charge in [0.25, 0.3) is 0 Å². The van der Waals surface area contributed by atoms with Crippen molar-refractivity contribution >= 4 is 11.6 Å². The number of phenolic OH excluding ortho intramolecular Hbond substituents is 1. The van der Waals surface area contributed by atoms with Gasteiger partial charge in [-0.2, -0.15) is 0 Å². The summed E-state index contributed by atoms with van der Waals surface area (Å²) in [6.45, 7) is 0.147. The maximum absolute atomic E-state index is 11.7. The minimum atomic E-state index is -0.403. The van der Waals surface area contributed by atoms with Crippen molar-refractivity contribution in [1.29, 1.82) is 0 Å². The van der Waals surface area contributed by atoms with Crippen LogP contribution in [0.4, 0.5) is 0 Å². The van der Waals surface area contributed by atoms with Crippen molar-refractivity contribution in [3.8, 4) is 11.5 Å². The minimum Gasteiger partial charge on any atom is -0.504 e. The van der Waals surface area contributed by atoms with E-state index in [2.05, 4.69) is 4.98 Å². The van der Waals surface area contributed by atoms with Gasteiger partial charge >= 0.3 is 0 Å². The molecule has 3 N–H and O–H groups in total. The molecule has 0 saturated heterocycles. The van der Waals surface area contributed by atoms with Crippen LogP contribution in [0.25, 0.3) is 0 Å². The molecule has 3 aromatic rings. The minimum absolute atomic E-state index is 0.0958. The number of pyridine rings is 1. The van der Waals surface area contributed by atoms with E-state index >= 15 is 0 Å². The number of nitrogens with one attached hydrogen (secondary N) is 1. The molecular weight excluding hydrogens is 366 g/mol. The zero-order valence-electron chi connectivity index (χ0n) is 14.6. The van der Waals surface area contributed by atoms with Crippen LogP contribution >= 0.6 is 11.6 Å². The number of aliphatic hydroxyl groups is 1. The molecule has 1 aromatic heterocycles. The van der Waals surface area contributed by atoms with Gasteiger partial charge in [0.2, 0.25) is 0 Å². The number of benzene rings is 2. The molecule has 0 amide bonds. The maximum atomic E-state index is 11.7. The van der Waals surface area contributed by atoms with Crippen molar-refractivity contribution in [2.24, 2.45) is 0 Å². The number of aliphatic hydroxyl groups excluding tert-OH is 1. The number of hydrogen-bond acceptors (Lipinski definition) is 4. The van der Waals surface area contributed by atoms with Crippen molar-refractivity contribution < 1.29 is 14.9 Å². The van der Waals surface area contributed by atoms with Crippen LogP contribution in [0.2, 0.25) is 5.02 Å². The molecule has 0 bridgehead atoms. The fourth-order valence-corrected chi connectivity index (χ4v) is 3.19. The Bertz CT molecular complexity index is 956. The van der Waals surface area contributed by atoms with Gasteiger partial charge < -0.3 is 19.9 Å². The Kier molecular flexibility index (Phi) is 6.16. The highest BCUT2D eigenvalue weighted by Gasteiger charge is 2.22. The number of halogens is 1. The molecule has 0 aliphatic carbocycles. The molecule has 5 nitrogen and oxygen atoms in total. The van der Waals surface area contributed by atoms with E-state index in [0.717, 1.165) is 5.56 Å². The SMILES string of the molecule is O=c1cc[nH]c(C(CCO)c2ccc(Cl)c(OCc3ccccc3)c2O)c1. The third-order valence-electron chi connectivity index (χ3n) is 4.30. The number of ether oxygens (including phenoxy) is 1. The van der Waals surface area contributed by atoms with E-state index in [-0.39, 0.29) is 35.2 Å². The largest absolute Gasteiger partial charge is 0.504 e. The maximum Gasteiger partial charge on any atom is 0.181 e. The molecule has 27 heavy (non-hydrogen) atoms. The predicted molar refractivity (Wildman–Crippen MR) is 104 cm³/mol. The van der Waals surface area contributed by atoms with Crippen molar-refractivity contribution in [3.63, 3.8) is 0 Å². The lowest BCUT2D eigenvalue weighted by atomic mass is 9.91. The summed E-state index contributed by atoms with van der Waals surface area (Å²) >= 11 is 6.23. The molecule has 6 heteroatoms. The summed E-state index contributed by atoms with van der Waals surface area (Å²) in [6, 6.07) is 15.7. The molecule has 0 spiro atoms. The van der Waals surface area contributed by atoms with Gasteiger partial charge in [0.05, 0.1) is 5.02 Å². The number of H-pyrrole nitrogens is 1. The summed E-state index contributed by atoms with van der Waals surface area (Å²) in [5, 5.41) is 20.5. The molecule has 1 unspecified atom stereocenters. The van der Waals surface area contributed by atoms with Gasteiger partial charge in [0, 0.05) is 42.1 Å². The number of hydrogen-bond donors (Lipinski definition) is 3. The molecule has 1 heterocycles. The summed E-state index contributed by atoms with van der Waals surface area (Å²) in [5.41, 5.74) is 1.92. The normalized spacial score (nSPS) is 11.9. The van der Waals surface area contributed by atoms with Gasteiger partial charge in [-0.1, -0.05) is 48.0 Å². The van der Waals surface area contributed by atoms with E-state index in [1.165, 1.54) is 12.1 Å². The second-order valence-electron chi connectivity index (χ2n) is 6.13. The van der Waals surface area contributed by atoms with Gasteiger partial charge in [-0.15, -0.1) is 0 Å². The third kappa shape index (κ3) is 4.51. The van der Waals surface area contributed by atoms with E-state index < -0.39 is 5.92 Å². The Labute approximate surface area is 161 Å². The van der Waals surface area contributed by atoms with Crippen molar-refractivity contribution in [1.82, 2.24) is 4.98 Å². The average Bonchev–Trinajstić information content (AvgIpc) is 2.67. The van der Waals surface area contributed by atoms with Crippen molar-refractivity contribution in [3.05, 3.63) is 92.9 Å². The van der Waals surface area contributed by atoms with E-state index in [0.29, 0.717) is 17.7 Å². The highest BCUT2D eigenvalue weighted by Crippen LogP contribution is 2.43. The van der Waals surface area contributed by atoms with Crippen LogP contribution in [0, 0.1) is 0 Å². The average molecular weight is 386 g/mol. The lowest BCUT2D eigenvalue weighted by molar-refractivity contribution is 0.275. The van der Waals surface area contributed by atoms with Crippen LogP contribution < -0.4 is 10.2 Å². The molecule has 0 fully saturated rings. The van der Waals surface area contributed by atoms with Crippen molar-refractivity contribution in [2.45, 2.75) is 18.9 Å². The third-order valence-corrected chi connectivity index (χ3v) is 4.60. The van der Waals surface area contributed by atoms with Crippen LogP contribution in [0.15, 0.2) is 65.6 Å². The van der Waals surface area contributed by atoms with E-state index in [9.17, 15) is 15.0 Å². The highest BCUT2D eigenvalue weighted by atomic mass is 35.5. The number of aromatic nitrogens is 1. The zero-order chi connectivity index (χ0) is 19.2. The van der Waals surface area contributed by atoms with Crippen LogP contribution in [0.1, 0.15) is 29.2 Å². The zero-order valence-corrected chi connectivity index (χ0v) is 15.3. The summed E-state index contributed by atoms with van der Waals surface area (Å²) in [6.07, 6.45) is 1.87. The molecule has 0 aliphatic heterocycles. The van der Waals surface area contributed by atoms with E-state index in [4.69, 9.17) is 16.3 Å². The Morgan fingerprint density at radius 3 is 2.59 bits per heavy atom. The lowest BCUT2D eigenvalue weighted by Crippen LogP contribution is -2.10. The molecular formula is C21H20ClNO4. The number of phenols is 1.